The first-order chi connectivity index (χ1) is 14.0. The Hall–Kier alpha value is -3.29. The van der Waals surface area contributed by atoms with Crippen molar-refractivity contribution >= 4 is 34.0 Å². The van der Waals surface area contributed by atoms with E-state index in [0.29, 0.717) is 22.4 Å². The summed E-state index contributed by atoms with van der Waals surface area (Å²) in [7, 11) is 0. The van der Waals surface area contributed by atoms with Crippen LogP contribution in [0.4, 0.5) is 0 Å². The molecular weight excluding hydrogens is 436 g/mol. The Labute approximate surface area is 176 Å². The molecular formula is C22H17BrN2O4. The number of carbonyl (C=O) groups is 2. The fraction of sp³-hybridized carbons (Fsp3) is 0.0455. The van der Waals surface area contributed by atoms with Crippen molar-refractivity contribution in [3.05, 3.63) is 100 Å². The van der Waals surface area contributed by atoms with E-state index in [1.165, 1.54) is 6.21 Å². The topological polar surface area (TPSA) is 88.0 Å². The zero-order valence-electron chi connectivity index (χ0n) is 15.2. The molecule has 0 aromatic heterocycles. The Balaban J connectivity index is 1.60. The Bertz CT molecular complexity index is 1040. The fourth-order valence-electron chi connectivity index (χ4n) is 2.46. The molecule has 0 unspecified atom stereocenters. The molecule has 1 atom stereocenters. The van der Waals surface area contributed by atoms with Crippen LogP contribution in [0.5, 0.6) is 5.75 Å². The third-order valence-electron chi connectivity index (χ3n) is 3.88. The average Bonchev–Trinajstić information content (AvgIpc) is 2.74. The Morgan fingerprint density at radius 3 is 2.52 bits per heavy atom. The van der Waals surface area contributed by atoms with Crippen LogP contribution in [0, 0.1) is 0 Å². The van der Waals surface area contributed by atoms with E-state index >= 15 is 0 Å². The molecule has 3 rings (SSSR count). The number of halogens is 1. The molecule has 0 aliphatic rings. The largest absolute Gasteiger partial charge is 0.423 e. The maximum absolute atomic E-state index is 12.2. The molecule has 2 N–H and O–H groups in total. The van der Waals surface area contributed by atoms with Gasteiger partial charge in [-0.25, -0.2) is 10.2 Å². The van der Waals surface area contributed by atoms with E-state index in [1.807, 2.05) is 6.07 Å². The quantitative estimate of drug-likeness (QED) is 0.257. The van der Waals surface area contributed by atoms with Gasteiger partial charge in [-0.15, -0.1) is 0 Å². The highest BCUT2D eigenvalue weighted by atomic mass is 79.9. The van der Waals surface area contributed by atoms with Crippen LogP contribution in [-0.2, 0) is 4.79 Å². The second-order valence-electron chi connectivity index (χ2n) is 6.02. The van der Waals surface area contributed by atoms with Gasteiger partial charge < -0.3 is 9.84 Å². The number of hydrogen-bond acceptors (Lipinski definition) is 5. The molecule has 0 aliphatic heterocycles. The van der Waals surface area contributed by atoms with Crippen LogP contribution in [0.1, 0.15) is 27.6 Å². The summed E-state index contributed by atoms with van der Waals surface area (Å²) < 4.78 is 6.15. The Morgan fingerprint density at radius 2 is 1.76 bits per heavy atom. The lowest BCUT2D eigenvalue weighted by atomic mass is 10.1. The molecule has 3 aromatic rings. The molecule has 6 nitrogen and oxygen atoms in total. The second-order valence-corrected chi connectivity index (χ2v) is 6.94. The fourth-order valence-corrected chi connectivity index (χ4v) is 2.86. The van der Waals surface area contributed by atoms with Crippen LogP contribution in [0.2, 0.25) is 0 Å². The Morgan fingerprint density at radius 1 is 1.00 bits per heavy atom. The van der Waals surface area contributed by atoms with Gasteiger partial charge in [0.1, 0.15) is 5.75 Å². The zero-order chi connectivity index (χ0) is 20.6. The van der Waals surface area contributed by atoms with E-state index < -0.39 is 18.0 Å². The lowest BCUT2D eigenvalue weighted by molar-refractivity contribution is -0.129. The van der Waals surface area contributed by atoms with Gasteiger partial charge in [0.2, 0.25) is 0 Å². The number of aliphatic hydroxyl groups is 1. The first-order valence-corrected chi connectivity index (χ1v) is 9.46. The van der Waals surface area contributed by atoms with Gasteiger partial charge in [0.05, 0.1) is 11.8 Å². The number of benzene rings is 3. The summed E-state index contributed by atoms with van der Waals surface area (Å²) in [5, 5.41) is 13.9. The summed E-state index contributed by atoms with van der Waals surface area (Å²) >= 11 is 3.32. The van der Waals surface area contributed by atoms with E-state index in [2.05, 4.69) is 26.5 Å². The highest BCUT2D eigenvalue weighted by Crippen LogP contribution is 2.17. The van der Waals surface area contributed by atoms with Crippen molar-refractivity contribution in [2.45, 2.75) is 6.10 Å². The Kier molecular flexibility index (Phi) is 6.89. The third-order valence-corrected chi connectivity index (χ3v) is 4.37. The summed E-state index contributed by atoms with van der Waals surface area (Å²) in [6.07, 6.45) is 0.0809. The molecule has 0 bridgehead atoms. The second kappa shape index (κ2) is 9.77. The van der Waals surface area contributed by atoms with Crippen molar-refractivity contribution in [3.63, 3.8) is 0 Å². The number of hydrogen-bond donors (Lipinski definition) is 2. The van der Waals surface area contributed by atoms with Crippen molar-refractivity contribution < 1.29 is 19.4 Å². The third kappa shape index (κ3) is 5.84. The minimum Gasteiger partial charge on any atom is -0.423 e. The van der Waals surface area contributed by atoms with Gasteiger partial charge in [-0.2, -0.15) is 5.10 Å². The molecule has 0 aliphatic carbocycles. The van der Waals surface area contributed by atoms with Gasteiger partial charge in [-0.3, -0.25) is 4.79 Å². The van der Waals surface area contributed by atoms with Gasteiger partial charge in [0.25, 0.3) is 5.91 Å². The molecule has 3 aromatic carbocycles. The minimum atomic E-state index is -1.31. The van der Waals surface area contributed by atoms with Crippen LogP contribution >= 0.6 is 15.9 Å². The van der Waals surface area contributed by atoms with Crippen molar-refractivity contribution in [2.75, 3.05) is 0 Å². The van der Waals surface area contributed by atoms with Crippen molar-refractivity contribution in [2.24, 2.45) is 5.10 Å². The molecule has 1 amide bonds. The summed E-state index contributed by atoms with van der Waals surface area (Å²) in [4.78, 5) is 24.2. The summed E-state index contributed by atoms with van der Waals surface area (Å²) in [5.41, 5.74) is 3.79. The molecule has 0 saturated carbocycles. The number of aliphatic hydroxyl groups excluding tert-OH is 1. The first kappa shape index (κ1) is 20.4. The normalized spacial score (nSPS) is 11.8. The lowest BCUT2D eigenvalue weighted by Crippen LogP contribution is -2.25. The van der Waals surface area contributed by atoms with Crippen molar-refractivity contribution in [1.29, 1.82) is 0 Å². The standard InChI is InChI=1S/C22H17BrN2O4/c23-18-10-5-9-17(13-18)22(28)29-19-11-4-6-15(12-19)14-24-25-21(27)20(26)16-7-2-1-3-8-16/h1-14,20,26H,(H,25,27)/b24-14-/t20-/m0/s1. The molecule has 29 heavy (non-hydrogen) atoms. The van der Waals surface area contributed by atoms with Gasteiger partial charge in [-0.05, 0) is 41.5 Å². The lowest BCUT2D eigenvalue weighted by Gasteiger charge is -2.08. The van der Waals surface area contributed by atoms with E-state index in [4.69, 9.17) is 4.74 Å². The zero-order valence-corrected chi connectivity index (χ0v) is 16.7. The number of carbonyl (C=O) groups excluding carboxylic acids is 2. The van der Waals surface area contributed by atoms with E-state index in [1.54, 1.807) is 72.8 Å². The van der Waals surface area contributed by atoms with Gasteiger partial charge in [0.15, 0.2) is 6.10 Å². The molecule has 0 heterocycles. The number of esters is 1. The minimum absolute atomic E-state index is 0.342. The number of amides is 1. The molecule has 0 fully saturated rings. The number of rotatable bonds is 6. The van der Waals surface area contributed by atoms with Crippen LogP contribution in [-0.4, -0.2) is 23.2 Å². The maximum Gasteiger partial charge on any atom is 0.343 e. The summed E-state index contributed by atoms with van der Waals surface area (Å²) in [5.74, 6) is -0.793. The van der Waals surface area contributed by atoms with Crippen LogP contribution in [0.15, 0.2) is 88.4 Å². The smallest absolute Gasteiger partial charge is 0.343 e. The number of ether oxygens (including phenoxy) is 1. The van der Waals surface area contributed by atoms with Gasteiger partial charge >= 0.3 is 5.97 Å². The molecule has 0 saturated heterocycles. The van der Waals surface area contributed by atoms with Crippen LogP contribution in [0.3, 0.4) is 0 Å². The maximum atomic E-state index is 12.2. The van der Waals surface area contributed by atoms with E-state index in [9.17, 15) is 14.7 Å². The summed E-state index contributed by atoms with van der Waals surface area (Å²) in [6, 6.07) is 22.1. The monoisotopic (exact) mass is 452 g/mol. The number of nitrogens with zero attached hydrogens (tertiary/aromatic N) is 1. The highest BCUT2D eigenvalue weighted by Gasteiger charge is 2.16. The first-order valence-electron chi connectivity index (χ1n) is 8.66. The van der Waals surface area contributed by atoms with Gasteiger partial charge in [-0.1, -0.05) is 64.5 Å². The molecule has 146 valence electrons. The average molecular weight is 453 g/mol. The number of nitrogens with one attached hydrogen (secondary N) is 1. The summed E-state index contributed by atoms with van der Waals surface area (Å²) in [6.45, 7) is 0. The molecule has 7 heteroatoms. The van der Waals surface area contributed by atoms with Crippen molar-refractivity contribution in [3.8, 4) is 5.75 Å². The van der Waals surface area contributed by atoms with Crippen molar-refractivity contribution in [1.82, 2.24) is 5.43 Å². The van der Waals surface area contributed by atoms with Gasteiger partial charge in [0, 0.05) is 4.47 Å². The molecule has 0 spiro atoms. The van der Waals surface area contributed by atoms with Crippen LogP contribution < -0.4 is 10.2 Å². The highest BCUT2D eigenvalue weighted by molar-refractivity contribution is 9.10. The van der Waals surface area contributed by atoms with E-state index in [-0.39, 0.29) is 0 Å². The predicted octanol–water partition coefficient (Wildman–Crippen LogP) is 3.85. The van der Waals surface area contributed by atoms with Crippen LogP contribution in [0.25, 0.3) is 0 Å². The van der Waals surface area contributed by atoms with E-state index in [0.717, 1.165) is 4.47 Å². The number of hydrazone groups is 1. The predicted molar refractivity (Wildman–Crippen MR) is 113 cm³/mol. The SMILES string of the molecule is O=C(Oc1cccc(/C=N\NC(=O)[C@@H](O)c2ccccc2)c1)c1cccc(Br)c1. The molecule has 0 radical (unpaired) electrons.